The summed E-state index contributed by atoms with van der Waals surface area (Å²) in [6.07, 6.45) is 4.26. The zero-order valence-electron chi connectivity index (χ0n) is 9.98. The highest BCUT2D eigenvalue weighted by atomic mass is 16.4. The Hall–Kier alpha value is -2.04. The summed E-state index contributed by atoms with van der Waals surface area (Å²) in [6.45, 7) is 0. The Labute approximate surface area is 105 Å². The van der Waals surface area contributed by atoms with Crippen LogP contribution in [0.3, 0.4) is 0 Å². The molecule has 1 aromatic carbocycles. The van der Waals surface area contributed by atoms with Crippen molar-refractivity contribution in [1.82, 2.24) is 5.32 Å². The molecule has 1 aliphatic rings. The van der Waals surface area contributed by atoms with Crippen molar-refractivity contribution in [2.45, 2.75) is 31.7 Å². The Morgan fingerprint density at radius 2 is 1.83 bits per heavy atom. The van der Waals surface area contributed by atoms with Gasteiger partial charge in [-0.1, -0.05) is 25.0 Å². The predicted octanol–water partition coefficient (Wildman–Crippen LogP) is 2.45. The van der Waals surface area contributed by atoms with Crippen LogP contribution in [0.5, 0.6) is 0 Å². The number of nitrogens with one attached hydrogen (secondary N) is 2. The predicted molar refractivity (Wildman–Crippen MR) is 67.8 cm³/mol. The van der Waals surface area contributed by atoms with Crippen LogP contribution in [-0.4, -0.2) is 23.1 Å². The third-order valence-electron chi connectivity index (χ3n) is 3.10. The van der Waals surface area contributed by atoms with E-state index in [4.69, 9.17) is 5.11 Å². The molecule has 5 heteroatoms. The number of para-hydroxylation sites is 1. The molecule has 1 saturated carbocycles. The van der Waals surface area contributed by atoms with Gasteiger partial charge in [-0.3, -0.25) is 0 Å². The largest absolute Gasteiger partial charge is 0.478 e. The first-order chi connectivity index (χ1) is 8.66. The minimum atomic E-state index is -1.05. The molecule has 96 valence electrons. The summed E-state index contributed by atoms with van der Waals surface area (Å²) in [5.41, 5.74) is 0.416. The van der Waals surface area contributed by atoms with Crippen molar-refractivity contribution < 1.29 is 14.7 Å². The Morgan fingerprint density at radius 1 is 1.17 bits per heavy atom. The van der Waals surface area contributed by atoms with E-state index in [1.54, 1.807) is 18.2 Å². The van der Waals surface area contributed by atoms with Gasteiger partial charge in [0.05, 0.1) is 11.3 Å². The molecule has 0 bridgehead atoms. The number of carbonyl (C=O) groups excluding carboxylic acids is 1. The lowest BCUT2D eigenvalue weighted by Gasteiger charge is -2.13. The first-order valence-corrected chi connectivity index (χ1v) is 6.06. The molecule has 18 heavy (non-hydrogen) atoms. The van der Waals surface area contributed by atoms with Crippen LogP contribution in [0.2, 0.25) is 0 Å². The fourth-order valence-corrected chi connectivity index (χ4v) is 2.19. The molecule has 0 saturated heterocycles. The fraction of sp³-hybridized carbons (Fsp3) is 0.385. The van der Waals surface area contributed by atoms with Crippen LogP contribution in [0, 0.1) is 0 Å². The molecule has 1 aliphatic carbocycles. The van der Waals surface area contributed by atoms with E-state index in [9.17, 15) is 9.59 Å². The van der Waals surface area contributed by atoms with Crippen molar-refractivity contribution in [2.75, 3.05) is 5.32 Å². The van der Waals surface area contributed by atoms with Crippen LogP contribution < -0.4 is 10.6 Å². The number of anilines is 1. The van der Waals surface area contributed by atoms with Gasteiger partial charge in [0.1, 0.15) is 0 Å². The maximum atomic E-state index is 11.7. The van der Waals surface area contributed by atoms with E-state index in [1.165, 1.54) is 6.07 Å². The van der Waals surface area contributed by atoms with Crippen molar-refractivity contribution >= 4 is 17.7 Å². The molecule has 0 aromatic heterocycles. The van der Waals surface area contributed by atoms with Crippen LogP contribution in [0.15, 0.2) is 24.3 Å². The molecular formula is C13H16N2O3. The summed E-state index contributed by atoms with van der Waals surface area (Å²) in [7, 11) is 0. The van der Waals surface area contributed by atoms with Crippen molar-refractivity contribution in [3.63, 3.8) is 0 Å². The van der Waals surface area contributed by atoms with E-state index in [1.807, 2.05) is 0 Å². The Balaban J connectivity index is 2.00. The Bertz CT molecular complexity index is 453. The van der Waals surface area contributed by atoms with E-state index >= 15 is 0 Å². The number of benzene rings is 1. The lowest BCUT2D eigenvalue weighted by atomic mass is 10.2. The van der Waals surface area contributed by atoms with E-state index < -0.39 is 5.97 Å². The van der Waals surface area contributed by atoms with Crippen LogP contribution in [0.4, 0.5) is 10.5 Å². The smallest absolute Gasteiger partial charge is 0.337 e. The van der Waals surface area contributed by atoms with Crippen LogP contribution in [0.1, 0.15) is 36.0 Å². The minimum Gasteiger partial charge on any atom is -0.478 e. The van der Waals surface area contributed by atoms with Gasteiger partial charge in [0, 0.05) is 6.04 Å². The number of carboxylic acids is 1. The monoisotopic (exact) mass is 248 g/mol. The van der Waals surface area contributed by atoms with Crippen molar-refractivity contribution in [1.29, 1.82) is 0 Å². The summed E-state index contributed by atoms with van der Waals surface area (Å²) >= 11 is 0. The normalized spacial score (nSPS) is 15.3. The molecule has 0 unspecified atom stereocenters. The fourth-order valence-electron chi connectivity index (χ4n) is 2.19. The Kier molecular flexibility index (Phi) is 3.82. The standard InChI is InChI=1S/C13H16N2O3/c16-12(17)10-7-3-4-8-11(10)15-13(18)14-9-5-1-2-6-9/h3-4,7-9H,1-2,5-6H2,(H,16,17)(H2,14,15,18). The SMILES string of the molecule is O=C(Nc1ccccc1C(=O)O)NC1CCCC1. The molecular weight excluding hydrogens is 232 g/mol. The second-order valence-corrected chi connectivity index (χ2v) is 4.43. The maximum absolute atomic E-state index is 11.7. The molecule has 1 aromatic rings. The first-order valence-electron chi connectivity index (χ1n) is 6.06. The highest BCUT2D eigenvalue weighted by Crippen LogP contribution is 2.18. The lowest BCUT2D eigenvalue weighted by Crippen LogP contribution is -2.36. The lowest BCUT2D eigenvalue weighted by molar-refractivity contribution is 0.0698. The highest BCUT2D eigenvalue weighted by molar-refractivity contribution is 5.99. The number of amides is 2. The third kappa shape index (κ3) is 3.00. The molecule has 0 heterocycles. The van der Waals surface area contributed by atoms with Gasteiger partial charge < -0.3 is 15.7 Å². The molecule has 0 atom stereocenters. The van der Waals surface area contributed by atoms with Crippen LogP contribution >= 0.6 is 0 Å². The molecule has 0 aliphatic heterocycles. The van der Waals surface area contributed by atoms with Gasteiger partial charge in [-0.15, -0.1) is 0 Å². The van der Waals surface area contributed by atoms with Gasteiger partial charge >= 0.3 is 12.0 Å². The molecule has 0 spiro atoms. The second-order valence-electron chi connectivity index (χ2n) is 4.43. The van der Waals surface area contributed by atoms with E-state index in [2.05, 4.69) is 10.6 Å². The van der Waals surface area contributed by atoms with E-state index in [-0.39, 0.29) is 17.6 Å². The third-order valence-corrected chi connectivity index (χ3v) is 3.10. The van der Waals surface area contributed by atoms with Crippen molar-refractivity contribution in [3.05, 3.63) is 29.8 Å². The number of hydrogen-bond donors (Lipinski definition) is 3. The quantitative estimate of drug-likeness (QED) is 0.768. The minimum absolute atomic E-state index is 0.0964. The van der Waals surface area contributed by atoms with Gasteiger partial charge in [-0.05, 0) is 25.0 Å². The molecule has 5 nitrogen and oxygen atoms in total. The molecule has 1 fully saturated rings. The summed E-state index contributed by atoms with van der Waals surface area (Å²) in [4.78, 5) is 22.7. The first kappa shape index (κ1) is 12.4. The van der Waals surface area contributed by atoms with E-state index in [0.29, 0.717) is 5.69 Å². The van der Waals surface area contributed by atoms with Crippen molar-refractivity contribution in [3.8, 4) is 0 Å². The summed E-state index contributed by atoms with van der Waals surface area (Å²) < 4.78 is 0. The van der Waals surface area contributed by atoms with Crippen LogP contribution in [0.25, 0.3) is 0 Å². The van der Waals surface area contributed by atoms with Gasteiger partial charge in [0.2, 0.25) is 0 Å². The average Bonchev–Trinajstić information content (AvgIpc) is 2.82. The van der Waals surface area contributed by atoms with Gasteiger partial charge in [-0.2, -0.15) is 0 Å². The van der Waals surface area contributed by atoms with Gasteiger partial charge in [-0.25, -0.2) is 9.59 Å². The number of carbonyl (C=O) groups is 2. The van der Waals surface area contributed by atoms with Crippen LogP contribution in [-0.2, 0) is 0 Å². The Morgan fingerprint density at radius 3 is 2.50 bits per heavy atom. The second kappa shape index (κ2) is 5.53. The molecule has 2 amide bonds. The maximum Gasteiger partial charge on any atom is 0.337 e. The topological polar surface area (TPSA) is 78.4 Å². The number of rotatable bonds is 3. The zero-order valence-corrected chi connectivity index (χ0v) is 9.98. The summed E-state index contributed by atoms with van der Waals surface area (Å²) in [6, 6.07) is 6.24. The summed E-state index contributed by atoms with van der Waals surface area (Å²) in [5.74, 6) is -1.05. The zero-order chi connectivity index (χ0) is 13.0. The van der Waals surface area contributed by atoms with Gasteiger partial charge in [0.25, 0.3) is 0 Å². The number of aromatic carboxylic acids is 1. The van der Waals surface area contributed by atoms with E-state index in [0.717, 1.165) is 25.7 Å². The molecule has 2 rings (SSSR count). The average molecular weight is 248 g/mol. The summed E-state index contributed by atoms with van der Waals surface area (Å²) in [5, 5.41) is 14.4. The number of carboxylic acid groups (broad SMARTS) is 1. The molecule has 0 radical (unpaired) electrons. The van der Waals surface area contributed by atoms with Gasteiger partial charge in [0.15, 0.2) is 0 Å². The number of urea groups is 1. The van der Waals surface area contributed by atoms with Crippen molar-refractivity contribution in [2.24, 2.45) is 0 Å². The molecule has 3 N–H and O–H groups in total. The highest BCUT2D eigenvalue weighted by Gasteiger charge is 2.18. The number of hydrogen-bond acceptors (Lipinski definition) is 2.